The van der Waals surface area contributed by atoms with E-state index < -0.39 is 5.91 Å². The van der Waals surface area contributed by atoms with E-state index in [-0.39, 0.29) is 23.9 Å². The van der Waals surface area contributed by atoms with Crippen LogP contribution >= 0.6 is 11.8 Å². The molecule has 2 amide bonds. The van der Waals surface area contributed by atoms with Gasteiger partial charge >= 0.3 is 0 Å². The van der Waals surface area contributed by atoms with Gasteiger partial charge in [-0.05, 0) is 30.2 Å². The summed E-state index contributed by atoms with van der Waals surface area (Å²) in [4.78, 5) is 23.9. The first-order valence-electron chi connectivity index (χ1n) is 8.90. The van der Waals surface area contributed by atoms with E-state index in [0.29, 0.717) is 17.3 Å². The maximum atomic E-state index is 12.9. The normalized spacial score (nSPS) is 10.6. The molecule has 0 atom stereocenters. The number of hydrogen-bond acceptors (Lipinski definition) is 5. The lowest BCUT2D eigenvalue weighted by Gasteiger charge is -2.09. The summed E-state index contributed by atoms with van der Waals surface area (Å²) in [5, 5.41) is 8.83. The zero-order chi connectivity index (χ0) is 20.6. The molecule has 9 heteroatoms. The topological polar surface area (TPSA) is 88.9 Å². The molecule has 7 nitrogen and oxygen atoms in total. The van der Waals surface area contributed by atoms with Gasteiger partial charge in [0.1, 0.15) is 11.6 Å². The van der Waals surface area contributed by atoms with Crippen molar-refractivity contribution in [1.82, 2.24) is 25.6 Å². The molecule has 0 fully saturated rings. The van der Waals surface area contributed by atoms with Gasteiger partial charge in [-0.3, -0.25) is 20.4 Å². The number of carbonyl (C=O) groups excluding carboxylic acids is 2. The van der Waals surface area contributed by atoms with Gasteiger partial charge in [0.2, 0.25) is 11.8 Å². The van der Waals surface area contributed by atoms with E-state index in [2.05, 4.69) is 21.0 Å². The fraction of sp³-hybridized carbons (Fsp3) is 0.200. The molecule has 0 spiro atoms. The third-order valence-corrected chi connectivity index (χ3v) is 5.00. The highest BCUT2D eigenvalue weighted by atomic mass is 32.2. The second kappa shape index (κ2) is 9.83. The molecule has 0 saturated heterocycles. The standard InChI is InChI=1S/C20H20FN5O2S/c1-14-22-25-20(26(14)12-16-5-3-2-4-6-16)29-13-19(28)24-23-18(27)11-15-7-9-17(21)10-8-15/h2-10H,11-13H2,1H3,(H,23,27)(H,24,28). The predicted octanol–water partition coefficient (Wildman–Crippen LogP) is 2.26. The average molecular weight is 413 g/mol. The molecule has 0 radical (unpaired) electrons. The van der Waals surface area contributed by atoms with E-state index in [9.17, 15) is 14.0 Å². The Labute approximate surface area is 171 Å². The van der Waals surface area contributed by atoms with Crippen LogP contribution in [0.15, 0.2) is 59.8 Å². The van der Waals surface area contributed by atoms with Gasteiger partial charge in [-0.2, -0.15) is 0 Å². The van der Waals surface area contributed by atoms with Crippen LogP contribution in [0.2, 0.25) is 0 Å². The Hall–Kier alpha value is -3.20. The van der Waals surface area contributed by atoms with Crippen LogP contribution in [0.4, 0.5) is 4.39 Å². The number of aromatic nitrogens is 3. The van der Waals surface area contributed by atoms with Crippen LogP contribution < -0.4 is 10.9 Å². The fourth-order valence-corrected chi connectivity index (χ4v) is 3.34. The molecular weight excluding hydrogens is 393 g/mol. The van der Waals surface area contributed by atoms with Crippen LogP contribution in [0.5, 0.6) is 0 Å². The number of hydrazine groups is 1. The Morgan fingerprint density at radius 1 is 0.966 bits per heavy atom. The molecule has 2 aromatic carbocycles. The van der Waals surface area contributed by atoms with Crippen molar-refractivity contribution in [3.63, 3.8) is 0 Å². The number of aryl methyl sites for hydroxylation is 1. The van der Waals surface area contributed by atoms with Gasteiger partial charge in [0.15, 0.2) is 5.16 Å². The van der Waals surface area contributed by atoms with Gasteiger partial charge in [0, 0.05) is 0 Å². The van der Waals surface area contributed by atoms with E-state index in [1.54, 1.807) is 0 Å². The summed E-state index contributed by atoms with van der Waals surface area (Å²) in [5.74, 6) is -0.296. The molecule has 0 aliphatic rings. The van der Waals surface area contributed by atoms with Crippen LogP contribution in [0.25, 0.3) is 0 Å². The van der Waals surface area contributed by atoms with Crippen LogP contribution in [-0.4, -0.2) is 32.3 Å². The summed E-state index contributed by atoms with van der Waals surface area (Å²) < 4.78 is 14.8. The summed E-state index contributed by atoms with van der Waals surface area (Å²) >= 11 is 1.24. The van der Waals surface area contributed by atoms with Crippen molar-refractivity contribution in [3.05, 3.63) is 77.4 Å². The quantitative estimate of drug-likeness (QED) is 0.458. The largest absolute Gasteiger partial charge is 0.302 e. The number of benzene rings is 2. The highest BCUT2D eigenvalue weighted by molar-refractivity contribution is 7.99. The predicted molar refractivity (Wildman–Crippen MR) is 107 cm³/mol. The van der Waals surface area contributed by atoms with Crippen LogP contribution in [-0.2, 0) is 22.6 Å². The van der Waals surface area contributed by atoms with Crippen molar-refractivity contribution in [2.45, 2.75) is 25.0 Å². The number of carbonyl (C=O) groups is 2. The third kappa shape index (κ3) is 6.15. The Morgan fingerprint density at radius 3 is 2.38 bits per heavy atom. The monoisotopic (exact) mass is 413 g/mol. The van der Waals surface area contributed by atoms with Crippen LogP contribution in [0.1, 0.15) is 17.0 Å². The summed E-state index contributed by atoms with van der Waals surface area (Å²) in [6.45, 7) is 2.47. The van der Waals surface area contributed by atoms with Crippen LogP contribution in [0, 0.1) is 12.7 Å². The molecule has 0 unspecified atom stereocenters. The number of halogens is 1. The molecule has 0 saturated carbocycles. The average Bonchev–Trinajstić information content (AvgIpc) is 3.07. The minimum Gasteiger partial charge on any atom is -0.302 e. The van der Waals surface area contributed by atoms with Gasteiger partial charge in [0.25, 0.3) is 0 Å². The van der Waals surface area contributed by atoms with Crippen molar-refractivity contribution in [2.24, 2.45) is 0 Å². The van der Waals surface area contributed by atoms with E-state index in [0.717, 1.165) is 11.4 Å². The molecule has 1 heterocycles. The Bertz CT molecular complexity index is 976. The maximum Gasteiger partial charge on any atom is 0.248 e. The molecule has 29 heavy (non-hydrogen) atoms. The van der Waals surface area contributed by atoms with E-state index in [1.807, 2.05) is 41.8 Å². The first kappa shape index (κ1) is 20.5. The number of amides is 2. The lowest BCUT2D eigenvalue weighted by molar-refractivity contribution is -0.127. The molecule has 3 aromatic rings. The highest BCUT2D eigenvalue weighted by Gasteiger charge is 2.13. The van der Waals surface area contributed by atoms with Crippen molar-refractivity contribution < 1.29 is 14.0 Å². The molecular formula is C20H20FN5O2S. The Morgan fingerprint density at radius 2 is 1.66 bits per heavy atom. The van der Waals surface area contributed by atoms with Crippen molar-refractivity contribution in [2.75, 3.05) is 5.75 Å². The molecule has 0 bridgehead atoms. The first-order chi connectivity index (χ1) is 14.0. The van der Waals surface area contributed by atoms with Crippen molar-refractivity contribution in [3.8, 4) is 0 Å². The third-order valence-electron chi connectivity index (χ3n) is 4.04. The summed E-state index contributed by atoms with van der Waals surface area (Å²) in [5.41, 5.74) is 6.48. The lowest BCUT2D eigenvalue weighted by Crippen LogP contribution is -2.43. The number of rotatable bonds is 7. The van der Waals surface area contributed by atoms with Gasteiger partial charge in [-0.15, -0.1) is 10.2 Å². The molecule has 3 rings (SSSR count). The summed E-state index contributed by atoms with van der Waals surface area (Å²) in [7, 11) is 0. The van der Waals surface area contributed by atoms with E-state index in [1.165, 1.54) is 36.0 Å². The van der Waals surface area contributed by atoms with Gasteiger partial charge in [0.05, 0.1) is 18.7 Å². The van der Waals surface area contributed by atoms with Gasteiger partial charge < -0.3 is 4.57 Å². The van der Waals surface area contributed by atoms with Crippen LogP contribution in [0.3, 0.4) is 0 Å². The summed E-state index contributed by atoms with van der Waals surface area (Å²) in [6, 6.07) is 15.5. The molecule has 1 aromatic heterocycles. The number of nitrogens with one attached hydrogen (secondary N) is 2. The summed E-state index contributed by atoms with van der Waals surface area (Å²) in [6.07, 6.45) is 0.0400. The fourth-order valence-electron chi connectivity index (χ4n) is 2.55. The second-order valence-corrected chi connectivity index (χ2v) is 7.23. The van der Waals surface area contributed by atoms with Crippen molar-refractivity contribution >= 4 is 23.6 Å². The Balaban J connectivity index is 1.47. The molecule has 2 N–H and O–H groups in total. The lowest BCUT2D eigenvalue weighted by atomic mass is 10.1. The zero-order valence-corrected chi connectivity index (χ0v) is 16.6. The van der Waals surface area contributed by atoms with E-state index in [4.69, 9.17) is 0 Å². The molecule has 0 aliphatic carbocycles. The number of hydrogen-bond donors (Lipinski definition) is 2. The highest BCUT2D eigenvalue weighted by Crippen LogP contribution is 2.18. The minimum absolute atomic E-state index is 0.0400. The number of thioether (sulfide) groups is 1. The van der Waals surface area contributed by atoms with Gasteiger partial charge in [-0.25, -0.2) is 4.39 Å². The molecule has 150 valence electrons. The van der Waals surface area contributed by atoms with E-state index >= 15 is 0 Å². The smallest absolute Gasteiger partial charge is 0.248 e. The second-order valence-electron chi connectivity index (χ2n) is 6.29. The Kier molecular flexibility index (Phi) is 6.96. The maximum absolute atomic E-state index is 12.9. The van der Waals surface area contributed by atoms with Gasteiger partial charge in [-0.1, -0.05) is 54.2 Å². The SMILES string of the molecule is Cc1nnc(SCC(=O)NNC(=O)Cc2ccc(F)cc2)n1Cc1ccccc1. The molecule has 0 aliphatic heterocycles. The zero-order valence-electron chi connectivity index (χ0n) is 15.8. The minimum atomic E-state index is -0.391. The first-order valence-corrected chi connectivity index (χ1v) is 9.88. The number of nitrogens with zero attached hydrogens (tertiary/aromatic N) is 3. The van der Waals surface area contributed by atoms with Crippen molar-refractivity contribution in [1.29, 1.82) is 0 Å².